The molecular formula is C15H23N3O3. The SMILES string of the molecule is CCNC(=O)COc1ccc(NC(=O)C(N)C(C)C)cc1. The summed E-state index contributed by atoms with van der Waals surface area (Å²) in [5.74, 6) is 0.246. The third-order valence-electron chi connectivity index (χ3n) is 2.89. The van der Waals surface area contributed by atoms with Gasteiger partial charge in [0, 0.05) is 12.2 Å². The first-order valence-electron chi connectivity index (χ1n) is 7.00. The topological polar surface area (TPSA) is 93.5 Å². The number of rotatable bonds is 7. The van der Waals surface area contributed by atoms with E-state index in [0.717, 1.165) is 0 Å². The Morgan fingerprint density at radius 1 is 1.24 bits per heavy atom. The second-order valence-corrected chi connectivity index (χ2v) is 5.03. The van der Waals surface area contributed by atoms with Crippen LogP contribution in [0.3, 0.4) is 0 Å². The molecule has 1 rings (SSSR count). The summed E-state index contributed by atoms with van der Waals surface area (Å²) < 4.78 is 5.32. The summed E-state index contributed by atoms with van der Waals surface area (Å²) >= 11 is 0. The van der Waals surface area contributed by atoms with Crippen molar-refractivity contribution < 1.29 is 14.3 Å². The molecule has 0 heterocycles. The molecule has 1 aromatic rings. The van der Waals surface area contributed by atoms with E-state index in [4.69, 9.17) is 10.5 Å². The molecule has 0 saturated heterocycles. The summed E-state index contributed by atoms with van der Waals surface area (Å²) in [6.45, 7) is 6.17. The predicted octanol–water partition coefficient (Wildman–Crippen LogP) is 1.12. The normalized spacial score (nSPS) is 11.9. The van der Waals surface area contributed by atoms with Gasteiger partial charge < -0.3 is 21.1 Å². The number of carbonyl (C=O) groups excluding carboxylic acids is 2. The zero-order valence-electron chi connectivity index (χ0n) is 12.7. The third kappa shape index (κ3) is 5.83. The fourth-order valence-electron chi connectivity index (χ4n) is 1.56. The number of hydrogen-bond donors (Lipinski definition) is 3. The molecule has 0 aliphatic rings. The maximum atomic E-state index is 11.8. The van der Waals surface area contributed by atoms with E-state index in [1.807, 2.05) is 20.8 Å². The Bertz CT molecular complexity index is 472. The number of amides is 2. The van der Waals surface area contributed by atoms with Crippen LogP contribution in [0.25, 0.3) is 0 Å². The second kappa shape index (κ2) is 8.26. The van der Waals surface area contributed by atoms with Crippen LogP contribution in [0.2, 0.25) is 0 Å². The van der Waals surface area contributed by atoms with Crippen LogP contribution in [0.4, 0.5) is 5.69 Å². The predicted molar refractivity (Wildman–Crippen MR) is 82.1 cm³/mol. The van der Waals surface area contributed by atoms with Gasteiger partial charge in [0.1, 0.15) is 5.75 Å². The monoisotopic (exact) mass is 293 g/mol. The maximum absolute atomic E-state index is 11.8. The molecule has 1 unspecified atom stereocenters. The first kappa shape index (κ1) is 17.0. The van der Waals surface area contributed by atoms with Crippen LogP contribution in [0, 0.1) is 5.92 Å². The number of nitrogens with one attached hydrogen (secondary N) is 2. The van der Waals surface area contributed by atoms with Crippen LogP contribution in [0.5, 0.6) is 5.75 Å². The molecule has 21 heavy (non-hydrogen) atoms. The lowest BCUT2D eigenvalue weighted by Gasteiger charge is -2.15. The van der Waals surface area contributed by atoms with Gasteiger partial charge in [0.2, 0.25) is 5.91 Å². The van der Waals surface area contributed by atoms with Crippen LogP contribution >= 0.6 is 0 Å². The van der Waals surface area contributed by atoms with Crippen LogP contribution in [0.15, 0.2) is 24.3 Å². The highest BCUT2D eigenvalue weighted by Gasteiger charge is 2.17. The molecule has 2 amide bonds. The summed E-state index contributed by atoms with van der Waals surface area (Å²) in [4.78, 5) is 23.1. The smallest absolute Gasteiger partial charge is 0.257 e. The third-order valence-corrected chi connectivity index (χ3v) is 2.89. The van der Waals surface area contributed by atoms with Crippen molar-refractivity contribution in [2.24, 2.45) is 11.7 Å². The molecule has 0 radical (unpaired) electrons. The number of likely N-dealkylation sites (N-methyl/N-ethyl adjacent to an activating group) is 1. The van der Waals surface area contributed by atoms with Crippen LogP contribution < -0.4 is 21.1 Å². The first-order chi connectivity index (χ1) is 9.93. The van der Waals surface area contributed by atoms with Crippen LogP contribution in [0.1, 0.15) is 20.8 Å². The lowest BCUT2D eigenvalue weighted by atomic mass is 10.1. The Morgan fingerprint density at radius 2 is 1.86 bits per heavy atom. The van der Waals surface area contributed by atoms with Crippen molar-refractivity contribution in [2.45, 2.75) is 26.8 Å². The van der Waals surface area contributed by atoms with Gasteiger partial charge in [0.05, 0.1) is 6.04 Å². The minimum Gasteiger partial charge on any atom is -0.484 e. The minimum absolute atomic E-state index is 0.0300. The lowest BCUT2D eigenvalue weighted by molar-refractivity contribution is -0.123. The quantitative estimate of drug-likeness (QED) is 0.702. The molecule has 0 spiro atoms. The van der Waals surface area contributed by atoms with E-state index in [1.165, 1.54) is 0 Å². The number of nitrogens with two attached hydrogens (primary N) is 1. The summed E-state index contributed by atoms with van der Waals surface area (Å²) in [6, 6.07) is 6.25. The van der Waals surface area contributed by atoms with Crippen molar-refractivity contribution in [3.8, 4) is 5.75 Å². The van der Waals surface area contributed by atoms with Gasteiger partial charge >= 0.3 is 0 Å². The molecule has 0 aliphatic heterocycles. The van der Waals surface area contributed by atoms with E-state index in [9.17, 15) is 9.59 Å². The average molecular weight is 293 g/mol. The van der Waals surface area contributed by atoms with Crippen molar-refractivity contribution >= 4 is 17.5 Å². The average Bonchev–Trinajstić information content (AvgIpc) is 2.45. The largest absolute Gasteiger partial charge is 0.484 e. The Balaban J connectivity index is 2.50. The van der Waals surface area contributed by atoms with Crippen molar-refractivity contribution in [2.75, 3.05) is 18.5 Å². The molecule has 6 nitrogen and oxygen atoms in total. The Labute approximate surface area is 125 Å². The molecule has 0 saturated carbocycles. The number of carbonyl (C=O) groups is 2. The molecular weight excluding hydrogens is 270 g/mol. The zero-order chi connectivity index (χ0) is 15.8. The fourth-order valence-corrected chi connectivity index (χ4v) is 1.56. The number of ether oxygens (including phenoxy) is 1. The summed E-state index contributed by atoms with van der Waals surface area (Å²) in [7, 11) is 0. The number of hydrogen-bond acceptors (Lipinski definition) is 4. The molecule has 0 aromatic heterocycles. The minimum atomic E-state index is -0.543. The van der Waals surface area contributed by atoms with Gasteiger partial charge in [-0.3, -0.25) is 9.59 Å². The number of benzene rings is 1. The van der Waals surface area contributed by atoms with Gasteiger partial charge in [0.25, 0.3) is 5.91 Å². The molecule has 116 valence electrons. The Kier molecular flexibility index (Phi) is 6.68. The van der Waals surface area contributed by atoms with E-state index in [0.29, 0.717) is 18.0 Å². The standard InChI is InChI=1S/C15H23N3O3/c1-4-17-13(19)9-21-12-7-5-11(6-8-12)18-15(20)14(16)10(2)3/h5-8,10,14H,4,9,16H2,1-3H3,(H,17,19)(H,18,20). The lowest BCUT2D eigenvalue weighted by Crippen LogP contribution is -2.39. The molecule has 1 atom stereocenters. The maximum Gasteiger partial charge on any atom is 0.257 e. The van der Waals surface area contributed by atoms with E-state index in [-0.39, 0.29) is 24.3 Å². The highest BCUT2D eigenvalue weighted by atomic mass is 16.5. The molecule has 0 aliphatic carbocycles. The van der Waals surface area contributed by atoms with E-state index >= 15 is 0 Å². The van der Waals surface area contributed by atoms with Gasteiger partial charge in [-0.25, -0.2) is 0 Å². The fraction of sp³-hybridized carbons (Fsp3) is 0.467. The van der Waals surface area contributed by atoms with Gasteiger partial charge in [0.15, 0.2) is 6.61 Å². The van der Waals surface area contributed by atoms with Crippen LogP contribution in [-0.2, 0) is 9.59 Å². The summed E-state index contributed by atoms with van der Waals surface area (Å²) in [5, 5.41) is 5.38. The molecule has 0 bridgehead atoms. The van der Waals surface area contributed by atoms with E-state index in [1.54, 1.807) is 24.3 Å². The van der Waals surface area contributed by atoms with Crippen molar-refractivity contribution in [3.05, 3.63) is 24.3 Å². The molecule has 6 heteroatoms. The second-order valence-electron chi connectivity index (χ2n) is 5.03. The highest BCUT2D eigenvalue weighted by molar-refractivity contribution is 5.94. The van der Waals surface area contributed by atoms with Gasteiger partial charge in [-0.15, -0.1) is 0 Å². The van der Waals surface area contributed by atoms with Crippen molar-refractivity contribution in [3.63, 3.8) is 0 Å². The van der Waals surface area contributed by atoms with Crippen molar-refractivity contribution in [1.82, 2.24) is 5.32 Å². The summed E-state index contributed by atoms with van der Waals surface area (Å²) in [5.41, 5.74) is 6.41. The Morgan fingerprint density at radius 3 is 2.38 bits per heavy atom. The first-order valence-corrected chi connectivity index (χ1v) is 7.00. The summed E-state index contributed by atoms with van der Waals surface area (Å²) in [6.07, 6.45) is 0. The Hall–Kier alpha value is -2.08. The molecule has 0 fully saturated rings. The van der Waals surface area contributed by atoms with Gasteiger partial charge in [-0.2, -0.15) is 0 Å². The van der Waals surface area contributed by atoms with Crippen molar-refractivity contribution in [1.29, 1.82) is 0 Å². The van der Waals surface area contributed by atoms with E-state index < -0.39 is 6.04 Å². The highest BCUT2D eigenvalue weighted by Crippen LogP contribution is 2.16. The molecule has 1 aromatic carbocycles. The van der Waals surface area contributed by atoms with Crippen LogP contribution in [-0.4, -0.2) is 31.0 Å². The van der Waals surface area contributed by atoms with E-state index in [2.05, 4.69) is 10.6 Å². The van der Waals surface area contributed by atoms with Gasteiger partial charge in [-0.05, 0) is 37.1 Å². The zero-order valence-corrected chi connectivity index (χ0v) is 12.7. The van der Waals surface area contributed by atoms with Gasteiger partial charge in [-0.1, -0.05) is 13.8 Å². The molecule has 4 N–H and O–H groups in total. The number of anilines is 1.